The lowest BCUT2D eigenvalue weighted by molar-refractivity contribution is 0.651. The van der Waals surface area contributed by atoms with Crippen molar-refractivity contribution >= 4 is 55.3 Å². The average Bonchev–Trinajstić information content (AvgIpc) is 3.86. The van der Waals surface area contributed by atoms with E-state index in [-0.39, 0.29) is 10.8 Å². The second-order valence-corrected chi connectivity index (χ2v) is 18.0. The maximum absolute atomic E-state index is 6.66. The van der Waals surface area contributed by atoms with Crippen molar-refractivity contribution in [3.8, 4) is 33.4 Å². The molecule has 1 heterocycles. The molecule has 60 heavy (non-hydrogen) atoms. The molecule has 0 spiro atoms. The van der Waals surface area contributed by atoms with Gasteiger partial charge in [-0.3, -0.25) is 0 Å². The summed E-state index contributed by atoms with van der Waals surface area (Å²) < 4.78 is 6.66. The molecule has 0 saturated heterocycles. The fraction of sp³-hybridized carbons (Fsp3) is 0.138. The number of anilines is 3. The highest BCUT2D eigenvalue weighted by atomic mass is 16.3. The minimum Gasteiger partial charge on any atom is -0.455 e. The van der Waals surface area contributed by atoms with Crippen LogP contribution < -0.4 is 4.90 Å². The highest BCUT2D eigenvalue weighted by Gasteiger charge is 2.39. The molecule has 0 aliphatic heterocycles. The maximum atomic E-state index is 6.66. The zero-order valence-electron chi connectivity index (χ0n) is 34.5. The Balaban J connectivity index is 1.03. The van der Waals surface area contributed by atoms with Crippen molar-refractivity contribution in [2.45, 2.75) is 51.4 Å². The van der Waals surface area contributed by atoms with Gasteiger partial charge < -0.3 is 9.32 Å². The van der Waals surface area contributed by atoms with Gasteiger partial charge in [-0.15, -0.1) is 0 Å². The van der Waals surface area contributed by atoms with E-state index in [9.17, 15) is 0 Å². The minimum atomic E-state index is -0.109. The van der Waals surface area contributed by atoms with Gasteiger partial charge in [0.1, 0.15) is 11.2 Å². The van der Waals surface area contributed by atoms with E-state index in [0.717, 1.165) is 51.6 Å². The molecule has 2 nitrogen and oxygen atoms in total. The molecule has 0 saturated carbocycles. The lowest BCUT2D eigenvalue weighted by Gasteiger charge is -2.30. The van der Waals surface area contributed by atoms with Crippen molar-refractivity contribution in [2.75, 3.05) is 4.90 Å². The molecular formula is C58H45NO. The summed E-state index contributed by atoms with van der Waals surface area (Å²) in [5.41, 5.74) is 21.0. The molecule has 2 heteroatoms. The van der Waals surface area contributed by atoms with Crippen LogP contribution in [0.15, 0.2) is 186 Å². The van der Waals surface area contributed by atoms with Crippen LogP contribution in [-0.2, 0) is 10.8 Å². The minimum absolute atomic E-state index is 0.0656. The third kappa shape index (κ3) is 5.00. The quantitative estimate of drug-likeness (QED) is 0.173. The van der Waals surface area contributed by atoms with Crippen LogP contribution in [-0.4, -0.2) is 0 Å². The van der Waals surface area contributed by atoms with Crippen LogP contribution in [0.3, 0.4) is 0 Å². The van der Waals surface area contributed by atoms with Crippen molar-refractivity contribution in [1.82, 2.24) is 0 Å². The average molecular weight is 772 g/mol. The highest BCUT2D eigenvalue weighted by molar-refractivity contribution is 6.14. The Kier molecular flexibility index (Phi) is 7.48. The highest BCUT2D eigenvalue weighted by Crippen LogP contribution is 2.54. The number of nitrogens with zero attached hydrogens (tertiary/aromatic N) is 1. The van der Waals surface area contributed by atoms with E-state index in [4.69, 9.17) is 4.42 Å². The molecule has 0 radical (unpaired) electrons. The number of hydrogen-bond acceptors (Lipinski definition) is 2. The van der Waals surface area contributed by atoms with Crippen LogP contribution in [0.5, 0.6) is 0 Å². The SMILES string of the molecule is CC1(C)C2=C(CCC=C2)c2ccc(N(c3ccc(-c4ccc5ccccc5c4-c4cccc5c4oc4ccccc45)cc3)c3ccc4c(c3)C(C)(C)c3ccccc3-4)cc21. The molecule has 0 unspecified atom stereocenters. The van der Waals surface area contributed by atoms with Gasteiger partial charge in [-0.05, 0) is 122 Å². The number of benzene rings is 8. The summed E-state index contributed by atoms with van der Waals surface area (Å²) in [5.74, 6) is 0. The van der Waals surface area contributed by atoms with E-state index in [0.29, 0.717) is 0 Å². The predicted molar refractivity (Wildman–Crippen MR) is 253 cm³/mol. The molecule has 3 aliphatic rings. The van der Waals surface area contributed by atoms with Crippen molar-refractivity contribution in [3.63, 3.8) is 0 Å². The van der Waals surface area contributed by atoms with Gasteiger partial charge in [-0.2, -0.15) is 0 Å². The van der Waals surface area contributed by atoms with Crippen LogP contribution >= 0.6 is 0 Å². The zero-order valence-corrected chi connectivity index (χ0v) is 34.5. The fourth-order valence-corrected chi connectivity index (χ4v) is 10.9. The maximum Gasteiger partial charge on any atom is 0.143 e. The van der Waals surface area contributed by atoms with E-state index >= 15 is 0 Å². The van der Waals surface area contributed by atoms with Crippen LogP contribution in [0.25, 0.3) is 71.7 Å². The third-order valence-electron chi connectivity index (χ3n) is 14.0. The summed E-state index contributed by atoms with van der Waals surface area (Å²) in [7, 11) is 0. The molecule has 0 N–H and O–H groups in total. The van der Waals surface area contributed by atoms with Gasteiger partial charge in [-0.25, -0.2) is 0 Å². The monoisotopic (exact) mass is 771 g/mol. The smallest absolute Gasteiger partial charge is 0.143 e. The van der Waals surface area contributed by atoms with Crippen molar-refractivity contribution in [1.29, 1.82) is 0 Å². The predicted octanol–water partition coefficient (Wildman–Crippen LogP) is 16.2. The standard InChI is InChI=1S/C58H45NO/c1-57(2)50-21-10-7-16-43(50)45-32-29-39(34-52(45)57)59(40-30-33-46-44-17-8-11-22-51(44)58(3,4)53(46)35-40)38-27-24-37(25-28-38)42-31-26-36-14-5-6-15-41(36)55(42)49-20-13-19-48-47-18-9-12-23-54(47)60-56(48)49/h5-7,9-16,18-35H,8,17H2,1-4H3. The number of furan rings is 1. The normalized spacial score (nSPS) is 15.7. The van der Waals surface area contributed by atoms with Gasteiger partial charge in [0.2, 0.25) is 0 Å². The largest absolute Gasteiger partial charge is 0.455 e. The van der Waals surface area contributed by atoms with Gasteiger partial charge >= 0.3 is 0 Å². The molecule has 3 aliphatic carbocycles. The van der Waals surface area contributed by atoms with Crippen LogP contribution in [0, 0.1) is 0 Å². The first-order chi connectivity index (χ1) is 29.3. The summed E-state index contributed by atoms with van der Waals surface area (Å²) in [6.07, 6.45) is 6.94. The first-order valence-electron chi connectivity index (χ1n) is 21.4. The van der Waals surface area contributed by atoms with E-state index in [1.54, 1.807) is 0 Å². The molecular weight excluding hydrogens is 727 g/mol. The van der Waals surface area contributed by atoms with Gasteiger partial charge in [0.15, 0.2) is 0 Å². The van der Waals surface area contributed by atoms with Gasteiger partial charge in [0, 0.05) is 49.8 Å². The van der Waals surface area contributed by atoms with Gasteiger partial charge in [0.25, 0.3) is 0 Å². The molecule has 0 atom stereocenters. The van der Waals surface area contributed by atoms with Crippen molar-refractivity contribution < 1.29 is 4.42 Å². The summed E-state index contributed by atoms with van der Waals surface area (Å²) >= 11 is 0. The Labute approximate surface area is 351 Å². The fourth-order valence-electron chi connectivity index (χ4n) is 10.9. The van der Waals surface area contributed by atoms with E-state index < -0.39 is 0 Å². The second-order valence-electron chi connectivity index (χ2n) is 18.0. The third-order valence-corrected chi connectivity index (χ3v) is 14.0. The van der Waals surface area contributed by atoms with Gasteiger partial charge in [0.05, 0.1) is 0 Å². The Hall–Kier alpha value is -6.90. The molecule has 8 aromatic carbocycles. The Morgan fingerprint density at radius 1 is 0.483 bits per heavy atom. The van der Waals surface area contributed by atoms with Crippen LogP contribution in [0.1, 0.15) is 62.8 Å². The molecule has 1 aromatic heterocycles. The molecule has 12 rings (SSSR count). The van der Waals surface area contributed by atoms with E-state index in [2.05, 4.69) is 202 Å². The summed E-state index contributed by atoms with van der Waals surface area (Å²) in [6.45, 7) is 9.54. The van der Waals surface area contributed by atoms with Crippen LogP contribution in [0.4, 0.5) is 17.1 Å². The first kappa shape index (κ1) is 35.1. The van der Waals surface area contributed by atoms with Crippen LogP contribution in [0.2, 0.25) is 0 Å². The number of hydrogen-bond donors (Lipinski definition) is 0. The Morgan fingerprint density at radius 2 is 1.12 bits per heavy atom. The Bertz CT molecular complexity index is 3310. The number of allylic oxidation sites excluding steroid dienone is 4. The Morgan fingerprint density at radius 3 is 1.95 bits per heavy atom. The van der Waals surface area contributed by atoms with Crippen molar-refractivity contribution in [2.24, 2.45) is 0 Å². The van der Waals surface area contributed by atoms with Gasteiger partial charge in [-0.1, -0.05) is 161 Å². The topological polar surface area (TPSA) is 16.4 Å². The number of fused-ring (bicyclic) bond motifs is 9. The molecule has 288 valence electrons. The van der Waals surface area contributed by atoms with E-state index in [1.807, 2.05) is 6.07 Å². The second kappa shape index (κ2) is 12.8. The summed E-state index contributed by atoms with van der Waals surface area (Å²) in [6, 6.07) is 60.7. The zero-order chi connectivity index (χ0) is 40.3. The molecule has 0 bridgehead atoms. The summed E-state index contributed by atoms with van der Waals surface area (Å²) in [5, 5.41) is 4.70. The molecule has 9 aromatic rings. The number of para-hydroxylation sites is 2. The van der Waals surface area contributed by atoms with Crippen molar-refractivity contribution in [3.05, 3.63) is 204 Å². The summed E-state index contributed by atoms with van der Waals surface area (Å²) in [4.78, 5) is 2.48. The lowest BCUT2D eigenvalue weighted by Crippen LogP contribution is -2.18. The lowest BCUT2D eigenvalue weighted by atomic mass is 9.80. The first-order valence-corrected chi connectivity index (χ1v) is 21.4. The number of rotatable bonds is 5. The van der Waals surface area contributed by atoms with E-state index in [1.165, 1.54) is 77.8 Å². The molecule has 0 fully saturated rings. The molecule has 0 amide bonds.